The van der Waals surface area contributed by atoms with E-state index in [0.29, 0.717) is 23.2 Å². The second kappa shape index (κ2) is 10.4. The van der Waals surface area contributed by atoms with Crippen molar-refractivity contribution in [2.45, 2.75) is 30.8 Å². The lowest BCUT2D eigenvalue weighted by Crippen LogP contribution is -2.38. The first kappa shape index (κ1) is 25.5. The summed E-state index contributed by atoms with van der Waals surface area (Å²) in [6.45, 7) is 1.54. The Morgan fingerprint density at radius 3 is 2.47 bits per heavy atom. The van der Waals surface area contributed by atoms with Gasteiger partial charge in [-0.1, -0.05) is 23.4 Å². The van der Waals surface area contributed by atoms with Crippen LogP contribution in [0.4, 0.5) is 18.9 Å². The fraction of sp³-hybridized carbons (Fsp3) is 0.364. The molecule has 12 heteroatoms. The van der Waals surface area contributed by atoms with Crippen LogP contribution < -0.4 is 10.1 Å². The van der Waals surface area contributed by atoms with Crippen LogP contribution in [-0.4, -0.2) is 51.1 Å². The maximum Gasteiger partial charge on any atom is 0.416 e. The second-order valence-corrected chi connectivity index (χ2v) is 9.50. The number of benzene rings is 2. The number of halogens is 3. The van der Waals surface area contributed by atoms with E-state index in [-0.39, 0.29) is 32.5 Å². The summed E-state index contributed by atoms with van der Waals surface area (Å²) in [5.74, 6) is 0.0653. The third kappa shape index (κ3) is 6.06. The van der Waals surface area contributed by atoms with Gasteiger partial charge >= 0.3 is 6.18 Å². The Bertz CT molecular complexity index is 1170. The predicted molar refractivity (Wildman–Crippen MR) is 119 cm³/mol. The van der Waals surface area contributed by atoms with Crippen LogP contribution in [0.15, 0.2) is 52.5 Å². The number of oxime groups is 1. The normalized spacial score (nSPS) is 15.0. The minimum Gasteiger partial charge on any atom is -0.495 e. The van der Waals surface area contributed by atoms with Crippen molar-refractivity contribution in [3.8, 4) is 5.75 Å². The van der Waals surface area contributed by atoms with Crippen molar-refractivity contribution in [1.82, 2.24) is 4.31 Å². The Hall–Kier alpha value is -3.12. The molecule has 1 heterocycles. The smallest absolute Gasteiger partial charge is 0.416 e. The highest BCUT2D eigenvalue weighted by Crippen LogP contribution is 2.31. The van der Waals surface area contributed by atoms with Gasteiger partial charge in [0.25, 0.3) is 5.91 Å². The number of hydrogen-bond acceptors (Lipinski definition) is 6. The lowest BCUT2D eigenvalue weighted by atomic mass is 10.1. The fourth-order valence-electron chi connectivity index (χ4n) is 3.39. The van der Waals surface area contributed by atoms with Crippen LogP contribution >= 0.6 is 0 Å². The molecular formula is C22H24F3N3O5S. The van der Waals surface area contributed by atoms with E-state index in [2.05, 4.69) is 10.5 Å². The number of nitrogens with zero attached hydrogens (tertiary/aromatic N) is 2. The van der Waals surface area contributed by atoms with E-state index in [4.69, 9.17) is 9.57 Å². The molecule has 8 nitrogen and oxygen atoms in total. The van der Waals surface area contributed by atoms with Gasteiger partial charge in [-0.3, -0.25) is 4.79 Å². The highest BCUT2D eigenvalue weighted by atomic mass is 32.2. The maximum absolute atomic E-state index is 12.9. The van der Waals surface area contributed by atoms with Gasteiger partial charge in [-0.25, -0.2) is 8.42 Å². The number of aryl methyl sites for hydroxylation is 1. The van der Waals surface area contributed by atoms with Gasteiger partial charge in [0.05, 0.1) is 29.0 Å². The van der Waals surface area contributed by atoms with Crippen molar-refractivity contribution >= 4 is 27.3 Å². The zero-order chi connectivity index (χ0) is 24.9. The zero-order valence-electron chi connectivity index (χ0n) is 18.6. The van der Waals surface area contributed by atoms with Crippen LogP contribution in [0, 0.1) is 6.92 Å². The predicted octanol–water partition coefficient (Wildman–Crippen LogP) is 3.82. The Balaban J connectivity index is 1.55. The Kier molecular flexibility index (Phi) is 7.82. The number of para-hydroxylation sites is 1. The number of rotatable bonds is 7. The molecule has 0 radical (unpaired) electrons. The number of ether oxygens (including phenoxy) is 1. The van der Waals surface area contributed by atoms with Gasteiger partial charge in [-0.15, -0.1) is 0 Å². The molecule has 0 saturated carbocycles. The van der Waals surface area contributed by atoms with Crippen LogP contribution in [0.5, 0.6) is 5.75 Å². The molecule has 1 saturated heterocycles. The van der Waals surface area contributed by atoms with Crippen LogP contribution in [0.2, 0.25) is 0 Å². The highest BCUT2D eigenvalue weighted by Gasteiger charge is 2.33. The molecule has 0 spiro atoms. The SMILES string of the molecule is COc1cccc(C)c1NC(=O)CON=C1CCN(S(=O)(=O)c2cccc(C(F)(F)F)c2)CC1. The molecule has 1 N–H and O–H groups in total. The van der Waals surface area contributed by atoms with Crippen LogP contribution in [-0.2, 0) is 25.8 Å². The molecule has 2 aromatic carbocycles. The van der Waals surface area contributed by atoms with Crippen molar-refractivity contribution in [3.63, 3.8) is 0 Å². The number of nitrogens with one attached hydrogen (secondary N) is 1. The lowest BCUT2D eigenvalue weighted by molar-refractivity contribution is -0.137. The molecule has 0 bridgehead atoms. The highest BCUT2D eigenvalue weighted by molar-refractivity contribution is 7.89. The molecule has 3 rings (SSSR count). The summed E-state index contributed by atoms with van der Waals surface area (Å²) in [7, 11) is -2.59. The van der Waals surface area contributed by atoms with Gasteiger partial charge in [0.15, 0.2) is 6.61 Å². The number of methoxy groups -OCH3 is 1. The van der Waals surface area contributed by atoms with E-state index in [1.165, 1.54) is 7.11 Å². The molecule has 1 fully saturated rings. The molecule has 1 aliphatic rings. The van der Waals surface area contributed by atoms with E-state index >= 15 is 0 Å². The standard InChI is InChI=1S/C22H24F3N3O5S/c1-15-5-3-8-19(32-2)21(15)26-20(29)14-33-27-17-9-11-28(12-10-17)34(30,31)18-7-4-6-16(13-18)22(23,24)25/h3-8,13H,9-12,14H2,1-2H3,(H,26,29). The number of carbonyl (C=O) groups excluding carboxylic acids is 1. The van der Waals surface area contributed by atoms with Crippen LogP contribution in [0.25, 0.3) is 0 Å². The first-order valence-electron chi connectivity index (χ1n) is 10.3. The topological polar surface area (TPSA) is 97.3 Å². The quantitative estimate of drug-likeness (QED) is 0.585. The van der Waals surface area contributed by atoms with Crippen molar-refractivity contribution in [2.75, 3.05) is 32.1 Å². The Labute approximate surface area is 195 Å². The van der Waals surface area contributed by atoms with Gasteiger partial charge in [-0.2, -0.15) is 17.5 Å². The number of carbonyl (C=O) groups is 1. The number of anilines is 1. The van der Waals surface area contributed by atoms with E-state index in [0.717, 1.165) is 28.1 Å². The van der Waals surface area contributed by atoms with E-state index in [1.54, 1.807) is 12.1 Å². The summed E-state index contributed by atoms with van der Waals surface area (Å²) < 4.78 is 70.6. The maximum atomic E-state index is 12.9. The Morgan fingerprint density at radius 1 is 1.15 bits per heavy atom. The summed E-state index contributed by atoms with van der Waals surface area (Å²) in [4.78, 5) is 16.9. The third-order valence-corrected chi connectivity index (χ3v) is 7.10. The first-order chi connectivity index (χ1) is 16.0. The minimum absolute atomic E-state index is 0.0351. The van der Waals surface area contributed by atoms with Crippen LogP contribution in [0.3, 0.4) is 0 Å². The average molecular weight is 500 g/mol. The van der Waals surface area contributed by atoms with E-state index < -0.39 is 32.6 Å². The van der Waals surface area contributed by atoms with Gasteiger partial charge in [0.1, 0.15) is 5.75 Å². The van der Waals surface area contributed by atoms with E-state index in [1.807, 2.05) is 13.0 Å². The van der Waals surface area contributed by atoms with Gasteiger partial charge in [0, 0.05) is 25.9 Å². The summed E-state index contributed by atoms with van der Waals surface area (Å²) in [6, 6.07) is 8.99. The summed E-state index contributed by atoms with van der Waals surface area (Å²) in [6.07, 6.45) is -4.18. The van der Waals surface area contributed by atoms with Crippen molar-refractivity contribution in [2.24, 2.45) is 5.16 Å². The van der Waals surface area contributed by atoms with Crippen molar-refractivity contribution in [3.05, 3.63) is 53.6 Å². The molecule has 184 valence electrons. The summed E-state index contributed by atoms with van der Waals surface area (Å²) >= 11 is 0. The summed E-state index contributed by atoms with van der Waals surface area (Å²) in [5, 5.41) is 6.62. The second-order valence-electron chi connectivity index (χ2n) is 7.56. The number of hydrogen-bond donors (Lipinski definition) is 1. The first-order valence-corrected chi connectivity index (χ1v) is 11.7. The number of alkyl halides is 3. The monoisotopic (exact) mass is 499 g/mol. The lowest BCUT2D eigenvalue weighted by Gasteiger charge is -2.26. The van der Waals surface area contributed by atoms with Crippen molar-refractivity contribution in [1.29, 1.82) is 0 Å². The van der Waals surface area contributed by atoms with Crippen LogP contribution in [0.1, 0.15) is 24.0 Å². The number of amides is 1. The Morgan fingerprint density at radius 2 is 1.82 bits per heavy atom. The zero-order valence-corrected chi connectivity index (χ0v) is 19.4. The molecule has 0 aromatic heterocycles. The molecule has 1 aliphatic heterocycles. The molecule has 1 amide bonds. The molecule has 34 heavy (non-hydrogen) atoms. The molecule has 2 aromatic rings. The van der Waals surface area contributed by atoms with Gasteiger partial charge < -0.3 is 14.9 Å². The van der Waals surface area contributed by atoms with E-state index in [9.17, 15) is 26.4 Å². The third-order valence-electron chi connectivity index (χ3n) is 5.21. The largest absolute Gasteiger partial charge is 0.495 e. The summed E-state index contributed by atoms with van der Waals surface area (Å²) in [5.41, 5.74) is 0.868. The molecule has 0 aliphatic carbocycles. The van der Waals surface area contributed by atoms with Gasteiger partial charge in [0.2, 0.25) is 10.0 Å². The fourth-order valence-corrected chi connectivity index (χ4v) is 4.87. The number of piperidine rings is 1. The molecular weight excluding hydrogens is 475 g/mol. The molecule has 0 unspecified atom stereocenters. The minimum atomic E-state index is -4.64. The molecule has 0 atom stereocenters. The number of sulfonamides is 1. The average Bonchev–Trinajstić information content (AvgIpc) is 2.80. The van der Waals surface area contributed by atoms with Crippen molar-refractivity contribution < 1.29 is 36.0 Å². The van der Waals surface area contributed by atoms with Gasteiger partial charge in [-0.05, 0) is 36.8 Å².